The average Bonchev–Trinajstić information content (AvgIpc) is 3.38. The van der Waals surface area contributed by atoms with Crippen molar-refractivity contribution < 1.29 is 13.2 Å². The maximum atomic E-state index is 11.8. The Morgan fingerprint density at radius 3 is 2.61 bits per heavy atom. The fourth-order valence-corrected chi connectivity index (χ4v) is 5.09. The van der Waals surface area contributed by atoms with Crippen molar-refractivity contribution >= 4 is 38.7 Å². The van der Waals surface area contributed by atoms with Crippen LogP contribution in [0.1, 0.15) is 43.4 Å². The third-order valence-corrected chi connectivity index (χ3v) is 6.43. The minimum absolute atomic E-state index is 0.175. The van der Waals surface area contributed by atoms with Crippen molar-refractivity contribution in [1.82, 2.24) is 14.9 Å². The Labute approximate surface area is 199 Å². The van der Waals surface area contributed by atoms with Crippen LogP contribution in [0.2, 0.25) is 0 Å². The summed E-state index contributed by atoms with van der Waals surface area (Å²) in [5, 5.41) is 4.00. The van der Waals surface area contributed by atoms with Crippen LogP contribution in [0.25, 0.3) is 0 Å². The van der Waals surface area contributed by atoms with E-state index in [1.165, 1.54) is 7.11 Å². The summed E-state index contributed by atoms with van der Waals surface area (Å²) in [5.41, 5.74) is 3.12. The van der Waals surface area contributed by atoms with Crippen molar-refractivity contribution in [2.75, 3.05) is 23.0 Å². The largest absolute Gasteiger partial charge is 0.494 e. The second-order valence-corrected chi connectivity index (χ2v) is 10.3. The molecular formula is C23H27N5O3S2. The van der Waals surface area contributed by atoms with Gasteiger partial charge in [0.2, 0.25) is 10.0 Å². The average molecular weight is 486 g/mol. The molecule has 0 spiro atoms. The van der Waals surface area contributed by atoms with E-state index in [9.17, 15) is 8.42 Å². The summed E-state index contributed by atoms with van der Waals surface area (Å²) in [6.07, 6.45) is 4.94. The molecule has 1 aliphatic heterocycles. The van der Waals surface area contributed by atoms with Crippen molar-refractivity contribution in [3.05, 3.63) is 72.3 Å². The Hall–Kier alpha value is -3.11. The van der Waals surface area contributed by atoms with Crippen LogP contribution < -0.4 is 19.7 Å². The fraction of sp³-hybridized carbons (Fsp3) is 0.304. The Bertz CT molecular complexity index is 1260. The minimum Gasteiger partial charge on any atom is -0.494 e. The van der Waals surface area contributed by atoms with E-state index in [1.807, 2.05) is 35.2 Å². The Balaban J connectivity index is 1.83. The first-order chi connectivity index (χ1) is 15.7. The van der Waals surface area contributed by atoms with Gasteiger partial charge < -0.3 is 19.5 Å². The maximum absolute atomic E-state index is 11.8. The number of nitrogens with zero attached hydrogens (tertiary/aromatic N) is 3. The molecule has 2 aromatic heterocycles. The van der Waals surface area contributed by atoms with E-state index in [0.717, 1.165) is 23.3 Å². The van der Waals surface area contributed by atoms with Crippen LogP contribution in [-0.4, -0.2) is 36.4 Å². The van der Waals surface area contributed by atoms with Crippen LogP contribution >= 0.6 is 12.2 Å². The number of rotatable bonds is 7. The van der Waals surface area contributed by atoms with Crippen molar-refractivity contribution in [2.45, 2.75) is 32.0 Å². The molecule has 2 atom stereocenters. The molecule has 0 radical (unpaired) electrons. The molecule has 1 aromatic carbocycles. The molecule has 1 aliphatic rings. The zero-order valence-corrected chi connectivity index (χ0v) is 20.5. The van der Waals surface area contributed by atoms with Crippen molar-refractivity contribution in [2.24, 2.45) is 0 Å². The van der Waals surface area contributed by atoms with E-state index in [-0.39, 0.29) is 18.1 Å². The van der Waals surface area contributed by atoms with Crippen LogP contribution in [0, 0.1) is 0 Å². The topological polar surface area (TPSA) is 88.5 Å². The fourth-order valence-electron chi connectivity index (χ4n) is 4.18. The van der Waals surface area contributed by atoms with Gasteiger partial charge in [-0.05, 0) is 62.5 Å². The molecule has 4 rings (SSSR count). The molecule has 0 bridgehead atoms. The van der Waals surface area contributed by atoms with Gasteiger partial charge in [0, 0.05) is 35.9 Å². The van der Waals surface area contributed by atoms with Gasteiger partial charge in [0.15, 0.2) is 5.11 Å². The second kappa shape index (κ2) is 9.03. The van der Waals surface area contributed by atoms with Gasteiger partial charge in [0.1, 0.15) is 11.8 Å². The molecule has 10 heteroatoms. The summed E-state index contributed by atoms with van der Waals surface area (Å²) in [7, 11) is -1.95. The number of anilines is 2. The van der Waals surface area contributed by atoms with Gasteiger partial charge in [0.05, 0.1) is 30.8 Å². The number of thiocarbonyl (C=S) groups is 1. The predicted octanol–water partition coefficient (Wildman–Crippen LogP) is 4.02. The summed E-state index contributed by atoms with van der Waals surface area (Å²) < 4.78 is 33.7. The van der Waals surface area contributed by atoms with Crippen molar-refractivity contribution in [3.63, 3.8) is 0 Å². The highest BCUT2D eigenvalue weighted by Crippen LogP contribution is 2.43. The van der Waals surface area contributed by atoms with E-state index < -0.39 is 10.0 Å². The third kappa shape index (κ3) is 4.67. The molecular weight excluding hydrogens is 458 g/mol. The lowest BCUT2D eigenvalue weighted by atomic mass is 10.0. The number of ether oxygens (including phenoxy) is 1. The van der Waals surface area contributed by atoms with E-state index in [0.29, 0.717) is 16.5 Å². The summed E-state index contributed by atoms with van der Waals surface area (Å²) in [4.78, 5) is 6.62. The zero-order valence-electron chi connectivity index (χ0n) is 18.9. The van der Waals surface area contributed by atoms with Crippen LogP contribution in [0.15, 0.2) is 60.9 Å². The first kappa shape index (κ1) is 23.1. The van der Waals surface area contributed by atoms with Gasteiger partial charge in [0.25, 0.3) is 0 Å². The second-order valence-electron chi connectivity index (χ2n) is 8.19. The molecule has 1 saturated heterocycles. The van der Waals surface area contributed by atoms with Gasteiger partial charge in [-0.1, -0.05) is 6.07 Å². The van der Waals surface area contributed by atoms with Gasteiger partial charge in [-0.15, -0.1) is 0 Å². The summed E-state index contributed by atoms with van der Waals surface area (Å²) >= 11 is 5.78. The third-order valence-electron chi connectivity index (χ3n) is 5.53. The van der Waals surface area contributed by atoms with E-state index in [2.05, 4.69) is 45.7 Å². The zero-order chi connectivity index (χ0) is 23.8. The highest BCUT2D eigenvalue weighted by atomic mass is 32.2. The lowest BCUT2D eigenvalue weighted by Crippen LogP contribution is -2.30. The van der Waals surface area contributed by atoms with Gasteiger partial charge in [-0.3, -0.25) is 9.71 Å². The molecule has 33 heavy (non-hydrogen) atoms. The number of hydrogen-bond acceptors (Lipinski definition) is 5. The number of methoxy groups -OCH3 is 1. The normalized spacial score (nSPS) is 18.5. The molecule has 8 nitrogen and oxygen atoms in total. The molecule has 174 valence electrons. The van der Waals surface area contributed by atoms with Crippen LogP contribution in [0.5, 0.6) is 5.75 Å². The number of sulfonamides is 1. The van der Waals surface area contributed by atoms with Crippen LogP contribution in [-0.2, 0) is 10.0 Å². The van der Waals surface area contributed by atoms with E-state index in [1.54, 1.807) is 18.3 Å². The van der Waals surface area contributed by atoms with Gasteiger partial charge in [-0.2, -0.15) is 0 Å². The Morgan fingerprint density at radius 1 is 1.18 bits per heavy atom. The van der Waals surface area contributed by atoms with Crippen LogP contribution in [0.3, 0.4) is 0 Å². The quantitative estimate of drug-likeness (QED) is 0.489. The lowest BCUT2D eigenvalue weighted by Gasteiger charge is -2.30. The Morgan fingerprint density at radius 2 is 1.97 bits per heavy atom. The maximum Gasteiger partial charge on any atom is 0.229 e. The first-order valence-corrected chi connectivity index (χ1v) is 12.8. The monoisotopic (exact) mass is 485 g/mol. The number of benzene rings is 1. The Kier molecular flexibility index (Phi) is 6.31. The molecule has 3 aromatic rings. The van der Waals surface area contributed by atoms with Gasteiger partial charge >= 0.3 is 0 Å². The number of nitrogens with one attached hydrogen (secondary N) is 2. The lowest BCUT2D eigenvalue weighted by molar-refractivity contribution is 0.416. The minimum atomic E-state index is -3.45. The standard InChI is InChI=1S/C23H27N5O3S2/c1-15(2)27-13-7-9-19(27)22-21(18-8-5-6-12-24-18)25-23(32)28(22)16-10-11-17(20(14-16)31-3)26-33(4,29)30/h5-15,21-22,26H,1-4H3,(H,25,32)/t21-,22+/m0/s1. The summed E-state index contributed by atoms with van der Waals surface area (Å²) in [6.45, 7) is 4.28. The van der Waals surface area contributed by atoms with E-state index in [4.69, 9.17) is 17.0 Å². The molecule has 0 amide bonds. The van der Waals surface area contributed by atoms with Crippen molar-refractivity contribution in [3.8, 4) is 5.75 Å². The molecule has 0 saturated carbocycles. The first-order valence-electron chi connectivity index (χ1n) is 10.5. The number of pyridine rings is 1. The number of hydrogen-bond donors (Lipinski definition) is 2. The molecule has 2 N–H and O–H groups in total. The molecule has 0 aliphatic carbocycles. The van der Waals surface area contributed by atoms with Crippen LogP contribution in [0.4, 0.5) is 11.4 Å². The highest BCUT2D eigenvalue weighted by Gasteiger charge is 2.42. The SMILES string of the molecule is COc1cc(N2C(=S)N[C@@H](c3ccccn3)[C@H]2c2cccn2C(C)C)ccc1NS(C)(=O)=O. The van der Waals surface area contributed by atoms with Gasteiger partial charge in [-0.25, -0.2) is 8.42 Å². The molecule has 0 unspecified atom stereocenters. The molecule has 1 fully saturated rings. The number of aromatic nitrogens is 2. The highest BCUT2D eigenvalue weighted by molar-refractivity contribution is 7.92. The summed E-state index contributed by atoms with van der Waals surface area (Å²) in [6, 6.07) is 15.2. The summed E-state index contributed by atoms with van der Waals surface area (Å²) in [5.74, 6) is 0.403. The molecule has 3 heterocycles. The predicted molar refractivity (Wildman–Crippen MR) is 134 cm³/mol. The smallest absolute Gasteiger partial charge is 0.229 e. The van der Waals surface area contributed by atoms with Crippen molar-refractivity contribution in [1.29, 1.82) is 0 Å². The van der Waals surface area contributed by atoms with E-state index >= 15 is 0 Å².